The van der Waals surface area contributed by atoms with Crippen molar-refractivity contribution < 1.29 is 29.6 Å². The van der Waals surface area contributed by atoms with Crippen LogP contribution in [-0.2, 0) is 9.47 Å². The second-order valence-electron chi connectivity index (χ2n) is 4.77. The number of aliphatic hydroxyl groups is 3. The van der Waals surface area contributed by atoms with Gasteiger partial charge in [-0.1, -0.05) is 0 Å². The standard InChI is InChI=1S/C12H14N4O6/c1-21-12(20)7-6-10(14-3-13-7)16(4-15-6)11-9(19)8(18)5(2-17)22-11/h3-5,8-9,11,17-19H,2H2,1H3/t5-,8-,9-,11-/m1/s1. The second-order valence-corrected chi connectivity index (χ2v) is 4.77. The fraction of sp³-hybridized carbons (Fsp3) is 0.500. The van der Waals surface area contributed by atoms with Crippen LogP contribution in [0, 0.1) is 0 Å². The number of carbonyl (C=O) groups excluding carboxylic acids is 1. The van der Waals surface area contributed by atoms with Crippen molar-refractivity contribution in [3.05, 3.63) is 18.3 Å². The number of ether oxygens (including phenoxy) is 2. The summed E-state index contributed by atoms with van der Waals surface area (Å²) in [5.74, 6) is -0.668. The third-order valence-corrected chi connectivity index (χ3v) is 3.53. The molecule has 118 valence electrons. The number of esters is 1. The Kier molecular flexibility index (Phi) is 3.74. The summed E-state index contributed by atoms with van der Waals surface area (Å²) in [5.41, 5.74) is 0.412. The van der Waals surface area contributed by atoms with E-state index in [1.54, 1.807) is 0 Å². The molecule has 0 aromatic carbocycles. The molecule has 0 unspecified atom stereocenters. The summed E-state index contributed by atoms with van der Waals surface area (Å²) in [4.78, 5) is 23.6. The minimum Gasteiger partial charge on any atom is -0.464 e. The number of carbonyl (C=O) groups is 1. The van der Waals surface area contributed by atoms with Crippen LogP contribution < -0.4 is 0 Å². The molecule has 10 nitrogen and oxygen atoms in total. The summed E-state index contributed by atoms with van der Waals surface area (Å²) in [6, 6.07) is 0. The average Bonchev–Trinajstić information content (AvgIpc) is 3.08. The molecular formula is C12H14N4O6. The largest absolute Gasteiger partial charge is 0.464 e. The summed E-state index contributed by atoms with van der Waals surface area (Å²) < 4.78 is 11.4. The van der Waals surface area contributed by atoms with Crippen molar-refractivity contribution in [2.45, 2.75) is 24.5 Å². The van der Waals surface area contributed by atoms with Crippen molar-refractivity contribution in [3.8, 4) is 0 Å². The second kappa shape index (κ2) is 5.57. The van der Waals surface area contributed by atoms with Crippen molar-refractivity contribution in [1.29, 1.82) is 0 Å². The minimum atomic E-state index is -1.27. The van der Waals surface area contributed by atoms with E-state index in [9.17, 15) is 15.0 Å². The smallest absolute Gasteiger partial charge is 0.359 e. The van der Waals surface area contributed by atoms with E-state index in [0.29, 0.717) is 0 Å². The predicted molar refractivity (Wildman–Crippen MR) is 69.7 cm³/mol. The molecule has 4 atom stereocenters. The molecule has 3 rings (SSSR count). The van der Waals surface area contributed by atoms with Gasteiger partial charge in [-0.25, -0.2) is 19.7 Å². The van der Waals surface area contributed by atoms with Crippen molar-refractivity contribution in [2.75, 3.05) is 13.7 Å². The van der Waals surface area contributed by atoms with Crippen LogP contribution in [0.25, 0.3) is 11.2 Å². The number of hydrogen-bond acceptors (Lipinski definition) is 9. The first-order chi connectivity index (χ1) is 10.6. The molecule has 0 aliphatic carbocycles. The fourth-order valence-electron chi connectivity index (χ4n) is 2.39. The van der Waals surface area contributed by atoms with E-state index in [0.717, 1.165) is 6.33 Å². The van der Waals surface area contributed by atoms with Crippen LogP contribution in [0.5, 0.6) is 0 Å². The summed E-state index contributed by atoms with van der Waals surface area (Å²) in [6.07, 6.45) is -1.95. The van der Waals surface area contributed by atoms with E-state index in [4.69, 9.17) is 9.84 Å². The molecular weight excluding hydrogens is 296 g/mol. The number of rotatable bonds is 3. The van der Waals surface area contributed by atoms with Gasteiger partial charge >= 0.3 is 5.97 Å². The Balaban J connectivity index is 2.04. The molecule has 3 heterocycles. The van der Waals surface area contributed by atoms with E-state index in [-0.39, 0.29) is 16.9 Å². The van der Waals surface area contributed by atoms with Gasteiger partial charge < -0.3 is 24.8 Å². The van der Waals surface area contributed by atoms with Crippen molar-refractivity contribution >= 4 is 17.1 Å². The van der Waals surface area contributed by atoms with Crippen LogP contribution in [0.3, 0.4) is 0 Å². The van der Waals surface area contributed by atoms with Gasteiger partial charge in [0.1, 0.15) is 30.2 Å². The lowest BCUT2D eigenvalue weighted by molar-refractivity contribution is -0.0511. The highest BCUT2D eigenvalue weighted by Gasteiger charge is 2.44. The normalized spacial score (nSPS) is 28.2. The third-order valence-electron chi connectivity index (χ3n) is 3.53. The maximum absolute atomic E-state index is 11.7. The molecule has 0 radical (unpaired) electrons. The molecule has 1 saturated heterocycles. The first-order valence-electron chi connectivity index (χ1n) is 6.46. The number of nitrogens with zero attached hydrogens (tertiary/aromatic N) is 4. The zero-order valence-electron chi connectivity index (χ0n) is 11.5. The van der Waals surface area contributed by atoms with Crippen LogP contribution in [0.15, 0.2) is 12.7 Å². The van der Waals surface area contributed by atoms with Gasteiger partial charge in [-0.2, -0.15) is 0 Å². The monoisotopic (exact) mass is 310 g/mol. The molecule has 2 aromatic heterocycles. The molecule has 0 saturated carbocycles. The lowest BCUT2D eigenvalue weighted by atomic mass is 10.1. The molecule has 0 bridgehead atoms. The summed E-state index contributed by atoms with van der Waals surface area (Å²) in [7, 11) is 1.22. The van der Waals surface area contributed by atoms with Crippen LogP contribution in [0.2, 0.25) is 0 Å². The third kappa shape index (κ3) is 2.13. The highest BCUT2D eigenvalue weighted by Crippen LogP contribution is 2.31. The zero-order chi connectivity index (χ0) is 15.9. The number of aliphatic hydroxyl groups excluding tert-OH is 3. The van der Waals surface area contributed by atoms with Crippen LogP contribution in [-0.4, -0.2) is 72.8 Å². The number of methoxy groups -OCH3 is 1. The van der Waals surface area contributed by atoms with E-state index < -0.39 is 37.1 Å². The Hall–Kier alpha value is -2.14. The maximum Gasteiger partial charge on any atom is 0.359 e. The van der Waals surface area contributed by atoms with Crippen LogP contribution in [0.1, 0.15) is 16.7 Å². The molecule has 1 fully saturated rings. The average molecular weight is 310 g/mol. The van der Waals surface area contributed by atoms with Crippen molar-refractivity contribution in [2.24, 2.45) is 0 Å². The predicted octanol–water partition coefficient (Wildman–Crippen LogP) is -1.78. The minimum absolute atomic E-state index is 0.0157. The first-order valence-corrected chi connectivity index (χ1v) is 6.46. The molecule has 0 spiro atoms. The van der Waals surface area contributed by atoms with Gasteiger partial charge in [0.15, 0.2) is 17.6 Å². The van der Waals surface area contributed by atoms with E-state index in [2.05, 4.69) is 19.7 Å². The molecule has 22 heavy (non-hydrogen) atoms. The van der Waals surface area contributed by atoms with Gasteiger partial charge in [0.25, 0.3) is 0 Å². The fourth-order valence-corrected chi connectivity index (χ4v) is 2.39. The van der Waals surface area contributed by atoms with Gasteiger partial charge in [0, 0.05) is 0 Å². The van der Waals surface area contributed by atoms with Gasteiger partial charge in [-0.3, -0.25) is 4.57 Å². The lowest BCUT2D eigenvalue weighted by Crippen LogP contribution is -2.33. The quantitative estimate of drug-likeness (QED) is 0.561. The topological polar surface area (TPSA) is 140 Å². The zero-order valence-corrected chi connectivity index (χ0v) is 11.5. The molecule has 2 aromatic rings. The van der Waals surface area contributed by atoms with Gasteiger partial charge in [-0.15, -0.1) is 0 Å². The Morgan fingerprint density at radius 1 is 1.36 bits per heavy atom. The Labute approximate surface area is 124 Å². The Bertz CT molecular complexity index is 704. The summed E-state index contributed by atoms with van der Waals surface area (Å²) >= 11 is 0. The van der Waals surface area contributed by atoms with E-state index in [1.807, 2.05) is 0 Å². The molecule has 10 heteroatoms. The SMILES string of the molecule is COC(=O)c1ncnc2c1ncn2[C@@H]1O[C@H](CO)[C@@H](O)[C@H]1O. The number of hydrogen-bond donors (Lipinski definition) is 3. The number of aromatic nitrogens is 4. The van der Waals surface area contributed by atoms with Gasteiger partial charge in [0.05, 0.1) is 20.0 Å². The molecule has 1 aliphatic heterocycles. The van der Waals surface area contributed by atoms with E-state index >= 15 is 0 Å². The molecule has 0 amide bonds. The number of fused-ring (bicyclic) bond motifs is 1. The first kappa shape index (κ1) is 14.8. The molecule has 3 N–H and O–H groups in total. The van der Waals surface area contributed by atoms with Gasteiger partial charge in [0.2, 0.25) is 0 Å². The lowest BCUT2D eigenvalue weighted by Gasteiger charge is -2.16. The van der Waals surface area contributed by atoms with Crippen molar-refractivity contribution in [1.82, 2.24) is 19.5 Å². The highest BCUT2D eigenvalue weighted by molar-refractivity contribution is 5.98. The van der Waals surface area contributed by atoms with Gasteiger partial charge in [-0.05, 0) is 0 Å². The van der Waals surface area contributed by atoms with Crippen LogP contribution >= 0.6 is 0 Å². The Morgan fingerprint density at radius 2 is 2.14 bits per heavy atom. The van der Waals surface area contributed by atoms with E-state index in [1.165, 1.54) is 18.0 Å². The summed E-state index contributed by atoms with van der Waals surface area (Å²) in [6.45, 7) is -0.441. The number of imidazole rings is 1. The molecule has 1 aliphatic rings. The maximum atomic E-state index is 11.7. The summed E-state index contributed by atoms with van der Waals surface area (Å²) in [5, 5.41) is 29.0. The van der Waals surface area contributed by atoms with Crippen molar-refractivity contribution in [3.63, 3.8) is 0 Å². The van der Waals surface area contributed by atoms with Crippen LogP contribution in [0.4, 0.5) is 0 Å². The highest BCUT2D eigenvalue weighted by atomic mass is 16.6. The Morgan fingerprint density at radius 3 is 2.77 bits per heavy atom.